The number of halogens is 1. The van der Waals surface area contributed by atoms with Crippen LogP contribution in [0.15, 0.2) is 24.3 Å². The first-order chi connectivity index (χ1) is 9.65. The summed E-state index contributed by atoms with van der Waals surface area (Å²) in [5, 5.41) is 5.56. The van der Waals surface area contributed by atoms with Gasteiger partial charge in [0.25, 0.3) is 0 Å². The van der Waals surface area contributed by atoms with Crippen molar-refractivity contribution in [1.82, 2.24) is 10.3 Å². The van der Waals surface area contributed by atoms with Crippen molar-refractivity contribution in [3.63, 3.8) is 0 Å². The molecule has 3 rings (SSSR count). The molecule has 1 heterocycles. The normalized spacial score (nSPS) is 15.6. The summed E-state index contributed by atoms with van der Waals surface area (Å²) in [6, 6.07) is 8.54. The van der Waals surface area contributed by atoms with Gasteiger partial charge < -0.3 is 5.32 Å². The van der Waals surface area contributed by atoms with Gasteiger partial charge in [-0.15, -0.1) is 11.3 Å². The zero-order valence-electron chi connectivity index (χ0n) is 11.8. The van der Waals surface area contributed by atoms with Gasteiger partial charge in [-0.3, -0.25) is 0 Å². The van der Waals surface area contributed by atoms with Gasteiger partial charge in [-0.1, -0.05) is 29.8 Å². The monoisotopic (exact) mass is 306 g/mol. The Labute approximate surface area is 129 Å². The van der Waals surface area contributed by atoms with Gasteiger partial charge in [0, 0.05) is 15.9 Å². The molecular formula is C16H19ClN2S. The second-order valence-corrected chi connectivity index (χ2v) is 7.07. The maximum Gasteiger partial charge on any atom is 0.115 e. The van der Waals surface area contributed by atoms with Crippen LogP contribution < -0.4 is 5.32 Å². The Hall–Kier alpha value is -0.900. The van der Waals surface area contributed by atoms with Crippen LogP contribution in [0.4, 0.5) is 0 Å². The van der Waals surface area contributed by atoms with Crippen molar-refractivity contribution in [1.29, 1.82) is 0 Å². The molecule has 1 aliphatic rings. The van der Waals surface area contributed by atoms with E-state index >= 15 is 0 Å². The number of thiazole rings is 1. The third-order valence-electron chi connectivity index (χ3n) is 3.58. The standard InChI is InChI=1S/C16H19ClN2S/c1-10(2)18-15(11-6-3-4-7-12(11)17)16-19-13-8-5-9-14(13)20-16/h3-4,6-7,10,15,18H,5,8-9H2,1-2H3. The largest absolute Gasteiger partial charge is 0.302 e. The lowest BCUT2D eigenvalue weighted by atomic mass is 10.1. The lowest BCUT2D eigenvalue weighted by Gasteiger charge is -2.21. The van der Waals surface area contributed by atoms with Crippen molar-refractivity contribution in [3.8, 4) is 0 Å². The second-order valence-electron chi connectivity index (χ2n) is 5.55. The molecule has 1 aromatic heterocycles. The summed E-state index contributed by atoms with van der Waals surface area (Å²) in [6.07, 6.45) is 3.56. The number of aromatic nitrogens is 1. The van der Waals surface area contributed by atoms with E-state index in [9.17, 15) is 0 Å². The maximum atomic E-state index is 6.38. The third kappa shape index (κ3) is 2.76. The number of hydrogen-bond donors (Lipinski definition) is 1. The molecule has 0 amide bonds. The van der Waals surface area contributed by atoms with Gasteiger partial charge in [0.05, 0.1) is 11.7 Å². The summed E-state index contributed by atoms with van der Waals surface area (Å²) < 4.78 is 0. The number of rotatable bonds is 4. The van der Waals surface area contributed by atoms with Crippen molar-refractivity contribution in [2.75, 3.05) is 0 Å². The molecule has 2 aromatic rings. The molecule has 0 radical (unpaired) electrons. The average molecular weight is 307 g/mol. The van der Waals surface area contributed by atoms with Gasteiger partial charge in [-0.2, -0.15) is 0 Å². The van der Waals surface area contributed by atoms with Crippen molar-refractivity contribution in [3.05, 3.63) is 50.4 Å². The molecule has 1 atom stereocenters. The van der Waals surface area contributed by atoms with E-state index in [1.165, 1.54) is 23.4 Å². The van der Waals surface area contributed by atoms with Gasteiger partial charge in [0.15, 0.2) is 0 Å². The molecule has 1 unspecified atom stereocenters. The molecule has 0 saturated heterocycles. The number of nitrogens with one attached hydrogen (secondary N) is 1. The van der Waals surface area contributed by atoms with Gasteiger partial charge in [-0.25, -0.2) is 4.98 Å². The van der Waals surface area contributed by atoms with Crippen molar-refractivity contribution < 1.29 is 0 Å². The Kier molecular flexibility index (Phi) is 4.11. The van der Waals surface area contributed by atoms with Crippen LogP contribution in [0.3, 0.4) is 0 Å². The number of hydrogen-bond acceptors (Lipinski definition) is 3. The zero-order valence-corrected chi connectivity index (χ0v) is 13.4. The molecule has 0 aliphatic heterocycles. The molecule has 0 spiro atoms. The maximum absolute atomic E-state index is 6.38. The van der Waals surface area contributed by atoms with Crippen LogP contribution in [-0.4, -0.2) is 11.0 Å². The molecule has 2 nitrogen and oxygen atoms in total. The number of benzene rings is 1. The fourth-order valence-corrected chi connectivity index (χ4v) is 4.15. The molecule has 1 N–H and O–H groups in total. The van der Waals surface area contributed by atoms with Crippen molar-refractivity contribution >= 4 is 22.9 Å². The molecule has 106 valence electrons. The highest BCUT2D eigenvalue weighted by Gasteiger charge is 2.24. The highest BCUT2D eigenvalue weighted by molar-refractivity contribution is 7.11. The number of nitrogens with zero attached hydrogens (tertiary/aromatic N) is 1. The molecule has 4 heteroatoms. The molecule has 0 bridgehead atoms. The number of fused-ring (bicyclic) bond motifs is 1. The lowest BCUT2D eigenvalue weighted by Crippen LogP contribution is -2.29. The van der Waals surface area contributed by atoms with Crippen LogP contribution in [-0.2, 0) is 12.8 Å². The fourth-order valence-electron chi connectivity index (χ4n) is 2.67. The van der Waals surface area contributed by atoms with E-state index in [1.54, 1.807) is 0 Å². The summed E-state index contributed by atoms with van der Waals surface area (Å²) in [4.78, 5) is 6.32. The van der Waals surface area contributed by atoms with Crippen molar-refractivity contribution in [2.24, 2.45) is 0 Å². The molecule has 1 aromatic carbocycles. The molecule has 0 saturated carbocycles. The van der Waals surface area contributed by atoms with Gasteiger partial charge in [0.2, 0.25) is 0 Å². The smallest absolute Gasteiger partial charge is 0.115 e. The Morgan fingerprint density at radius 2 is 2.05 bits per heavy atom. The summed E-state index contributed by atoms with van der Waals surface area (Å²) in [5.74, 6) is 0. The van der Waals surface area contributed by atoms with Crippen LogP contribution in [0, 0.1) is 0 Å². The fraction of sp³-hybridized carbons (Fsp3) is 0.438. The van der Waals surface area contributed by atoms with Crippen LogP contribution in [0.25, 0.3) is 0 Å². The van der Waals surface area contributed by atoms with E-state index in [0.717, 1.165) is 22.0 Å². The van der Waals surface area contributed by atoms with Crippen LogP contribution in [0.2, 0.25) is 5.02 Å². The first kappa shape index (κ1) is 14.1. The van der Waals surface area contributed by atoms with Gasteiger partial charge >= 0.3 is 0 Å². The van der Waals surface area contributed by atoms with Crippen LogP contribution in [0.5, 0.6) is 0 Å². The SMILES string of the molecule is CC(C)NC(c1nc2c(s1)CCC2)c1ccccc1Cl. The minimum atomic E-state index is 0.0966. The molecule has 1 aliphatic carbocycles. The second kappa shape index (κ2) is 5.84. The molecular weight excluding hydrogens is 288 g/mol. The summed E-state index contributed by atoms with van der Waals surface area (Å²) >= 11 is 8.23. The van der Waals surface area contributed by atoms with E-state index in [4.69, 9.17) is 16.6 Å². The van der Waals surface area contributed by atoms with E-state index in [-0.39, 0.29) is 6.04 Å². The summed E-state index contributed by atoms with van der Waals surface area (Å²) in [7, 11) is 0. The highest BCUT2D eigenvalue weighted by atomic mass is 35.5. The Morgan fingerprint density at radius 3 is 2.75 bits per heavy atom. The highest BCUT2D eigenvalue weighted by Crippen LogP contribution is 2.35. The topological polar surface area (TPSA) is 24.9 Å². The molecule has 0 fully saturated rings. The zero-order chi connectivity index (χ0) is 14.1. The van der Waals surface area contributed by atoms with Gasteiger partial charge in [0.1, 0.15) is 5.01 Å². The minimum absolute atomic E-state index is 0.0966. The summed E-state index contributed by atoms with van der Waals surface area (Å²) in [5.41, 5.74) is 2.42. The first-order valence-electron chi connectivity index (χ1n) is 7.14. The molecule has 20 heavy (non-hydrogen) atoms. The van der Waals surface area contributed by atoms with Crippen LogP contribution in [0.1, 0.15) is 47.5 Å². The Bertz CT molecular complexity index is 585. The predicted molar refractivity (Wildman–Crippen MR) is 85.7 cm³/mol. The lowest BCUT2D eigenvalue weighted by molar-refractivity contribution is 0.526. The summed E-state index contributed by atoms with van der Waals surface area (Å²) in [6.45, 7) is 4.32. The van der Waals surface area contributed by atoms with E-state index < -0.39 is 0 Å². The average Bonchev–Trinajstić information content (AvgIpc) is 2.97. The van der Waals surface area contributed by atoms with Crippen LogP contribution >= 0.6 is 22.9 Å². The van der Waals surface area contributed by atoms with Crippen molar-refractivity contribution in [2.45, 2.75) is 45.2 Å². The third-order valence-corrected chi connectivity index (χ3v) is 5.14. The minimum Gasteiger partial charge on any atom is -0.302 e. The number of aryl methyl sites for hydroxylation is 2. The quantitative estimate of drug-likeness (QED) is 0.907. The van der Waals surface area contributed by atoms with E-state index in [2.05, 4.69) is 25.2 Å². The van der Waals surface area contributed by atoms with Gasteiger partial charge in [-0.05, 0) is 44.7 Å². The van der Waals surface area contributed by atoms with E-state index in [1.807, 2.05) is 29.5 Å². The Balaban J connectivity index is 1.99. The Morgan fingerprint density at radius 1 is 1.25 bits per heavy atom. The van der Waals surface area contributed by atoms with E-state index in [0.29, 0.717) is 6.04 Å². The first-order valence-corrected chi connectivity index (χ1v) is 8.33. The predicted octanol–water partition coefficient (Wildman–Crippen LogP) is 4.37.